The maximum atomic E-state index is 14.3. The number of thiazole rings is 1. The molecule has 3 heterocycles. The fourth-order valence-electron chi connectivity index (χ4n) is 6.78. The van der Waals surface area contributed by atoms with E-state index in [1.165, 1.54) is 37.0 Å². The van der Waals surface area contributed by atoms with Crippen LogP contribution in [0.25, 0.3) is 10.2 Å². The monoisotopic (exact) mass is 795 g/mol. The van der Waals surface area contributed by atoms with Gasteiger partial charge >= 0.3 is 12.1 Å². The Morgan fingerprint density at radius 2 is 1.91 bits per heavy atom. The molecule has 0 bridgehead atoms. The molecule has 46 heavy (non-hydrogen) atoms. The third-order valence-electron chi connectivity index (χ3n) is 9.56. The van der Waals surface area contributed by atoms with Gasteiger partial charge in [0.2, 0.25) is 17.7 Å². The molecule has 252 valence electrons. The van der Waals surface area contributed by atoms with Crippen molar-refractivity contribution in [1.29, 1.82) is 0 Å². The molecular formula is C30H37F3IN5O5S2. The third-order valence-corrected chi connectivity index (χ3v) is 12.1. The summed E-state index contributed by atoms with van der Waals surface area (Å²) in [6.07, 6.45) is -4.70. The van der Waals surface area contributed by atoms with Gasteiger partial charge in [-0.3, -0.25) is 19.2 Å². The quantitative estimate of drug-likeness (QED) is 0.157. The molecule has 1 aromatic carbocycles. The topological polar surface area (TPSA) is 141 Å². The second-order valence-corrected chi connectivity index (χ2v) is 17.0. The molecule has 1 aliphatic carbocycles. The zero-order valence-corrected chi connectivity index (χ0v) is 29.7. The van der Waals surface area contributed by atoms with Gasteiger partial charge in [-0.05, 0) is 76.3 Å². The number of aromatic nitrogens is 1. The summed E-state index contributed by atoms with van der Waals surface area (Å²) < 4.78 is 41.4. The third kappa shape index (κ3) is 6.59. The molecule has 0 spiro atoms. The molecule has 2 aliphatic heterocycles. The summed E-state index contributed by atoms with van der Waals surface area (Å²) in [6, 6.07) is 1.81. The molecule has 2 saturated heterocycles. The van der Waals surface area contributed by atoms with Gasteiger partial charge in [0.05, 0.1) is 16.3 Å². The molecule has 3 fully saturated rings. The number of hydrogen-bond acceptors (Lipinski definition) is 8. The van der Waals surface area contributed by atoms with Gasteiger partial charge < -0.3 is 26.0 Å². The Labute approximate surface area is 287 Å². The van der Waals surface area contributed by atoms with Crippen LogP contribution in [0, 0.1) is 32.2 Å². The number of piperidine rings is 1. The number of benzene rings is 1. The van der Waals surface area contributed by atoms with Gasteiger partial charge in [0.25, 0.3) is 0 Å². The number of alkyl halides is 3. The van der Waals surface area contributed by atoms with E-state index in [0.717, 1.165) is 8.27 Å². The average molecular weight is 796 g/mol. The molecule has 16 heteroatoms. The largest absolute Gasteiger partial charge is 0.471 e. The van der Waals surface area contributed by atoms with Crippen LogP contribution in [-0.4, -0.2) is 76.0 Å². The first-order valence-electron chi connectivity index (χ1n) is 14.9. The number of nitrogens with zero attached hydrogens (tertiary/aromatic N) is 2. The van der Waals surface area contributed by atoms with Crippen molar-refractivity contribution in [2.75, 3.05) is 13.1 Å². The van der Waals surface area contributed by atoms with Crippen molar-refractivity contribution < 1.29 is 37.5 Å². The Kier molecular flexibility index (Phi) is 9.21. The van der Waals surface area contributed by atoms with E-state index in [-0.39, 0.29) is 41.1 Å². The van der Waals surface area contributed by atoms with Crippen molar-refractivity contribution in [3.63, 3.8) is 0 Å². The van der Waals surface area contributed by atoms with Gasteiger partial charge in [-0.25, -0.2) is 4.98 Å². The number of likely N-dealkylation sites (tertiary alicyclic amines) is 1. The molecule has 1 saturated carbocycles. The average Bonchev–Trinajstić information content (AvgIpc) is 3.44. The van der Waals surface area contributed by atoms with Crippen LogP contribution in [0.15, 0.2) is 18.2 Å². The molecule has 1 aromatic heterocycles. The number of aliphatic hydroxyl groups is 1. The maximum Gasteiger partial charge on any atom is 0.471 e. The number of hydrogen-bond donors (Lipinski definition) is 5. The molecule has 0 unspecified atom stereocenters. The number of halogens is 4. The Morgan fingerprint density at radius 3 is 2.50 bits per heavy atom. The van der Waals surface area contributed by atoms with Crippen molar-refractivity contribution in [2.24, 2.45) is 28.6 Å². The summed E-state index contributed by atoms with van der Waals surface area (Å²) in [6.45, 7) is 9.06. The van der Waals surface area contributed by atoms with E-state index in [1.807, 2.05) is 37.4 Å². The van der Waals surface area contributed by atoms with Crippen LogP contribution in [0.3, 0.4) is 0 Å². The normalized spacial score (nSPS) is 26.6. The maximum absolute atomic E-state index is 14.3. The second kappa shape index (κ2) is 12.1. The number of thiol groups is 1. The first kappa shape index (κ1) is 35.1. The highest BCUT2D eigenvalue weighted by atomic mass is 127. The fourth-order valence-corrected chi connectivity index (χ4v) is 8.60. The summed E-state index contributed by atoms with van der Waals surface area (Å²) in [4.78, 5) is 56.6. The van der Waals surface area contributed by atoms with Crippen LogP contribution in [0.2, 0.25) is 0 Å². The minimum Gasteiger partial charge on any atom is -0.371 e. The minimum absolute atomic E-state index is 0.0233. The highest BCUT2D eigenvalue weighted by molar-refractivity contribution is 14.1. The highest BCUT2D eigenvalue weighted by Crippen LogP contribution is 2.65. The zero-order valence-electron chi connectivity index (χ0n) is 25.9. The van der Waals surface area contributed by atoms with Crippen molar-refractivity contribution in [2.45, 2.75) is 76.7 Å². The zero-order chi connectivity index (χ0) is 34.1. The molecule has 5 rings (SSSR count). The molecule has 4 N–H and O–H groups in total. The Hall–Kier alpha value is -2.18. The lowest BCUT2D eigenvalue weighted by atomic mass is 9.85. The van der Waals surface area contributed by atoms with Gasteiger partial charge in [-0.15, -0.1) is 24.0 Å². The van der Waals surface area contributed by atoms with E-state index in [4.69, 9.17) is 0 Å². The first-order valence-corrected chi connectivity index (χ1v) is 17.3. The Bertz CT molecular complexity index is 1580. The number of rotatable bonds is 8. The molecule has 2 aromatic rings. The standard InChI is InChI=1S/C30H37F3IN5O5S2/c1-27(2,3)21(38-25(43)30(31,32)33)24(42)39-12-15-19(28(15,4)5)20(39)23(41)37-18(10-13-8-9-35-22(13)40)29(44,45)26-36-16-11-14(34)6-7-17(16)46-26/h6-7,11,13,15,18-21,44-45H,8-10,12H2,1-5H3,(H,35,40)(H,37,41)(H,38,43)/t13-,15+,18-,19+,20+,21-,29-/m1/s1. The van der Waals surface area contributed by atoms with Crippen LogP contribution in [0.1, 0.15) is 52.5 Å². The molecule has 3 aliphatic rings. The molecule has 10 nitrogen and oxygen atoms in total. The lowest BCUT2D eigenvalue weighted by molar-refractivity contribution is -0.176. The van der Waals surface area contributed by atoms with Crippen molar-refractivity contribution in [3.05, 3.63) is 26.8 Å². The predicted molar refractivity (Wildman–Crippen MR) is 177 cm³/mol. The number of fused-ring (bicyclic) bond motifs is 2. The summed E-state index contributed by atoms with van der Waals surface area (Å²) >= 11 is 7.96. The van der Waals surface area contributed by atoms with Gasteiger partial charge in [0.15, 0.2) is 4.93 Å². The molecule has 0 radical (unpaired) electrons. The molecule has 7 atom stereocenters. The summed E-state index contributed by atoms with van der Waals surface area (Å²) in [5, 5.41) is 19.6. The van der Waals surface area contributed by atoms with Crippen molar-refractivity contribution in [3.8, 4) is 0 Å². The number of amides is 4. The smallest absolute Gasteiger partial charge is 0.371 e. The van der Waals surface area contributed by atoms with Gasteiger partial charge in [0.1, 0.15) is 17.1 Å². The summed E-state index contributed by atoms with van der Waals surface area (Å²) in [7, 11) is 0. The van der Waals surface area contributed by atoms with Crippen LogP contribution >= 0.6 is 46.6 Å². The number of nitrogens with one attached hydrogen (secondary N) is 3. The van der Waals surface area contributed by atoms with Gasteiger partial charge in [-0.1, -0.05) is 34.6 Å². The fraction of sp³-hybridized carbons (Fsp3) is 0.633. The van der Waals surface area contributed by atoms with Crippen molar-refractivity contribution in [1.82, 2.24) is 25.8 Å². The molecule has 4 amide bonds. The lowest BCUT2D eigenvalue weighted by Crippen LogP contribution is -2.61. The van der Waals surface area contributed by atoms with Crippen molar-refractivity contribution >= 4 is 80.4 Å². The van der Waals surface area contributed by atoms with Crippen LogP contribution < -0.4 is 16.0 Å². The Balaban J connectivity index is 1.47. The highest BCUT2D eigenvalue weighted by Gasteiger charge is 2.70. The predicted octanol–water partition coefficient (Wildman–Crippen LogP) is 3.56. The van der Waals surface area contributed by atoms with Crippen LogP contribution in [0.5, 0.6) is 0 Å². The van der Waals surface area contributed by atoms with Crippen LogP contribution in [0.4, 0.5) is 13.2 Å². The van der Waals surface area contributed by atoms with E-state index in [2.05, 4.69) is 50.8 Å². The summed E-state index contributed by atoms with van der Waals surface area (Å²) in [5.74, 6) is -4.86. The Morgan fingerprint density at radius 1 is 1.24 bits per heavy atom. The van der Waals surface area contributed by atoms with E-state index in [9.17, 15) is 37.5 Å². The van der Waals surface area contributed by atoms with Gasteiger partial charge in [0, 0.05) is 22.6 Å². The SMILES string of the molecule is CC(C)(C)[C@H](NC(=O)C(F)(F)F)C(=O)N1C[C@H]2[C@@H]([C@H]1C(=O)N[C@H](C[C@H]1CCNC1=O)[C@@](O)(S)c1nc3cc(I)ccc3s1)C2(C)C. The lowest BCUT2D eigenvalue weighted by Gasteiger charge is -2.39. The van der Waals surface area contributed by atoms with Crippen LogP contribution in [-0.2, 0) is 24.1 Å². The second-order valence-electron chi connectivity index (χ2n) is 14.1. The van der Waals surface area contributed by atoms with E-state index >= 15 is 0 Å². The van der Waals surface area contributed by atoms with E-state index < -0.39 is 58.3 Å². The number of carbonyl (C=O) groups excluding carboxylic acids is 4. The number of carbonyl (C=O) groups is 4. The van der Waals surface area contributed by atoms with Gasteiger partial charge in [-0.2, -0.15) is 13.2 Å². The first-order chi connectivity index (χ1) is 21.1. The summed E-state index contributed by atoms with van der Waals surface area (Å²) in [5.41, 5.74) is -0.823. The van der Waals surface area contributed by atoms with E-state index in [0.29, 0.717) is 18.5 Å². The van der Waals surface area contributed by atoms with E-state index in [1.54, 1.807) is 0 Å². The minimum atomic E-state index is -5.20. The molecular weight excluding hydrogens is 758 g/mol.